The van der Waals surface area contributed by atoms with Crippen molar-refractivity contribution >= 4 is 17.6 Å². The third-order valence-electron chi connectivity index (χ3n) is 4.52. The molecular weight excluding hydrogens is 368 g/mol. The molecule has 0 fully saturated rings. The summed E-state index contributed by atoms with van der Waals surface area (Å²) >= 11 is 0. The molecule has 0 aliphatic carbocycles. The number of methoxy groups -OCH3 is 2. The molecule has 0 saturated heterocycles. The van der Waals surface area contributed by atoms with E-state index in [1.165, 1.54) is 14.2 Å². The standard InChI is InChI=1S/C23H22N2O4/c1-28-22(26)19-7-3-17(4-8-19)15-25(21-11-13-24-14-12-21)16-18-5-9-20(10-6-18)23(27)29-2/h3-14H,15-16H2,1-2H3. The normalized spacial score (nSPS) is 10.3. The van der Waals surface area contributed by atoms with Crippen LogP contribution in [0.2, 0.25) is 0 Å². The molecule has 0 N–H and O–H groups in total. The van der Waals surface area contributed by atoms with Gasteiger partial charge in [-0.3, -0.25) is 4.98 Å². The van der Waals surface area contributed by atoms with Crippen LogP contribution in [0.4, 0.5) is 5.69 Å². The van der Waals surface area contributed by atoms with Crippen molar-refractivity contribution in [1.29, 1.82) is 0 Å². The van der Waals surface area contributed by atoms with Gasteiger partial charge in [-0.2, -0.15) is 0 Å². The lowest BCUT2D eigenvalue weighted by Gasteiger charge is -2.25. The average molecular weight is 390 g/mol. The third-order valence-corrected chi connectivity index (χ3v) is 4.52. The Hall–Kier alpha value is -3.67. The van der Waals surface area contributed by atoms with E-state index in [0.29, 0.717) is 24.2 Å². The van der Waals surface area contributed by atoms with Crippen molar-refractivity contribution in [3.63, 3.8) is 0 Å². The van der Waals surface area contributed by atoms with Crippen LogP contribution in [0.3, 0.4) is 0 Å². The predicted octanol–water partition coefficient (Wildman–Crippen LogP) is 3.86. The first kappa shape index (κ1) is 20.1. The third kappa shape index (κ3) is 5.19. The zero-order chi connectivity index (χ0) is 20.6. The number of esters is 2. The SMILES string of the molecule is COC(=O)c1ccc(CN(Cc2ccc(C(=O)OC)cc2)c2ccncc2)cc1. The molecule has 0 aliphatic rings. The fourth-order valence-electron chi connectivity index (χ4n) is 2.96. The van der Waals surface area contributed by atoms with Gasteiger partial charge >= 0.3 is 11.9 Å². The number of hydrogen-bond acceptors (Lipinski definition) is 6. The molecule has 6 nitrogen and oxygen atoms in total. The Bertz CT molecular complexity index is 893. The molecule has 0 aliphatic heterocycles. The molecule has 0 radical (unpaired) electrons. The van der Waals surface area contributed by atoms with E-state index in [1.54, 1.807) is 36.7 Å². The van der Waals surface area contributed by atoms with Gasteiger partial charge in [-0.15, -0.1) is 0 Å². The van der Waals surface area contributed by atoms with Gasteiger partial charge in [0.25, 0.3) is 0 Å². The summed E-state index contributed by atoms with van der Waals surface area (Å²) in [7, 11) is 2.74. The van der Waals surface area contributed by atoms with Gasteiger partial charge in [0.2, 0.25) is 0 Å². The smallest absolute Gasteiger partial charge is 0.337 e. The van der Waals surface area contributed by atoms with E-state index in [4.69, 9.17) is 9.47 Å². The molecule has 0 atom stereocenters. The number of aromatic nitrogens is 1. The Morgan fingerprint density at radius 1 is 0.724 bits per heavy atom. The number of rotatable bonds is 7. The van der Waals surface area contributed by atoms with Crippen molar-refractivity contribution in [3.05, 3.63) is 95.3 Å². The summed E-state index contributed by atoms with van der Waals surface area (Å²) in [5.74, 6) is -0.707. The summed E-state index contributed by atoms with van der Waals surface area (Å²) in [6.45, 7) is 1.29. The van der Waals surface area contributed by atoms with Crippen LogP contribution in [-0.2, 0) is 22.6 Å². The van der Waals surface area contributed by atoms with Crippen molar-refractivity contribution in [2.75, 3.05) is 19.1 Å². The van der Waals surface area contributed by atoms with Gasteiger partial charge < -0.3 is 14.4 Å². The fourth-order valence-corrected chi connectivity index (χ4v) is 2.96. The first-order valence-electron chi connectivity index (χ1n) is 9.10. The van der Waals surface area contributed by atoms with Gasteiger partial charge in [0.05, 0.1) is 25.3 Å². The zero-order valence-electron chi connectivity index (χ0n) is 16.4. The van der Waals surface area contributed by atoms with Crippen molar-refractivity contribution in [1.82, 2.24) is 4.98 Å². The molecule has 148 valence electrons. The largest absolute Gasteiger partial charge is 0.465 e. The lowest BCUT2D eigenvalue weighted by atomic mass is 10.1. The zero-order valence-corrected chi connectivity index (χ0v) is 16.4. The topological polar surface area (TPSA) is 68.7 Å². The molecule has 3 aromatic rings. The second kappa shape index (κ2) is 9.50. The van der Waals surface area contributed by atoms with Gasteiger partial charge in [-0.25, -0.2) is 9.59 Å². The number of carbonyl (C=O) groups excluding carboxylic acids is 2. The van der Waals surface area contributed by atoms with Crippen molar-refractivity contribution < 1.29 is 19.1 Å². The summed E-state index contributed by atoms with van der Waals surface area (Å²) in [5, 5.41) is 0. The van der Waals surface area contributed by atoms with Crippen LogP contribution >= 0.6 is 0 Å². The van der Waals surface area contributed by atoms with Crippen molar-refractivity contribution in [2.24, 2.45) is 0 Å². The highest BCUT2D eigenvalue weighted by Crippen LogP contribution is 2.20. The number of pyridine rings is 1. The number of carbonyl (C=O) groups is 2. The molecular formula is C23H22N2O4. The maximum Gasteiger partial charge on any atom is 0.337 e. The summed E-state index contributed by atoms with van der Waals surface area (Å²) in [6, 6.07) is 18.6. The minimum Gasteiger partial charge on any atom is -0.465 e. The van der Waals surface area contributed by atoms with E-state index < -0.39 is 0 Å². The van der Waals surface area contributed by atoms with Crippen LogP contribution < -0.4 is 4.90 Å². The number of ether oxygens (including phenoxy) is 2. The van der Waals surface area contributed by atoms with Crippen molar-refractivity contribution in [2.45, 2.75) is 13.1 Å². The van der Waals surface area contributed by atoms with E-state index in [2.05, 4.69) is 9.88 Å². The van der Waals surface area contributed by atoms with Gasteiger partial charge in [0, 0.05) is 31.2 Å². The maximum absolute atomic E-state index is 11.6. The van der Waals surface area contributed by atoms with E-state index in [1.807, 2.05) is 36.4 Å². The molecule has 29 heavy (non-hydrogen) atoms. The molecule has 6 heteroatoms. The van der Waals surface area contributed by atoms with Gasteiger partial charge in [-0.05, 0) is 47.5 Å². The number of hydrogen-bond donors (Lipinski definition) is 0. The minimum absolute atomic E-state index is 0.353. The van der Waals surface area contributed by atoms with Gasteiger partial charge in [0.15, 0.2) is 0 Å². The van der Waals surface area contributed by atoms with Gasteiger partial charge in [0.1, 0.15) is 0 Å². The van der Waals surface area contributed by atoms with E-state index in [0.717, 1.165) is 16.8 Å². The van der Waals surface area contributed by atoms with Crippen LogP contribution in [-0.4, -0.2) is 31.1 Å². The van der Waals surface area contributed by atoms with E-state index >= 15 is 0 Å². The van der Waals surface area contributed by atoms with Gasteiger partial charge in [-0.1, -0.05) is 24.3 Å². The molecule has 3 rings (SSSR count). The van der Waals surface area contributed by atoms with Crippen LogP contribution in [0.5, 0.6) is 0 Å². The fraction of sp³-hybridized carbons (Fsp3) is 0.174. The summed E-state index contributed by atoms with van der Waals surface area (Å²) in [6.07, 6.45) is 3.51. The number of anilines is 1. The second-order valence-corrected chi connectivity index (χ2v) is 6.44. The molecule has 0 spiro atoms. The van der Waals surface area contributed by atoms with E-state index in [9.17, 15) is 9.59 Å². The molecule has 0 amide bonds. The molecule has 0 bridgehead atoms. The first-order valence-corrected chi connectivity index (χ1v) is 9.10. The Morgan fingerprint density at radius 3 is 1.52 bits per heavy atom. The van der Waals surface area contributed by atoms with Crippen LogP contribution in [0.1, 0.15) is 31.8 Å². The first-order chi connectivity index (χ1) is 14.1. The highest BCUT2D eigenvalue weighted by atomic mass is 16.5. The van der Waals surface area contributed by atoms with Crippen LogP contribution in [0.25, 0.3) is 0 Å². The summed E-state index contributed by atoms with van der Waals surface area (Å²) in [4.78, 5) is 29.6. The molecule has 0 unspecified atom stereocenters. The lowest BCUT2D eigenvalue weighted by Crippen LogP contribution is -2.22. The molecule has 1 aromatic heterocycles. The average Bonchev–Trinajstić information content (AvgIpc) is 2.79. The number of nitrogens with zero attached hydrogens (tertiary/aromatic N) is 2. The Balaban J connectivity index is 1.80. The Morgan fingerprint density at radius 2 is 1.14 bits per heavy atom. The summed E-state index contributed by atoms with van der Waals surface area (Å²) < 4.78 is 9.50. The maximum atomic E-state index is 11.6. The molecule has 2 aromatic carbocycles. The molecule has 0 saturated carbocycles. The monoisotopic (exact) mass is 390 g/mol. The predicted molar refractivity (Wildman–Crippen MR) is 110 cm³/mol. The van der Waals surface area contributed by atoms with Crippen LogP contribution in [0, 0.1) is 0 Å². The minimum atomic E-state index is -0.353. The quantitative estimate of drug-likeness (QED) is 0.571. The highest BCUT2D eigenvalue weighted by molar-refractivity contribution is 5.89. The van der Waals surface area contributed by atoms with E-state index in [-0.39, 0.29) is 11.9 Å². The number of benzene rings is 2. The van der Waals surface area contributed by atoms with Crippen molar-refractivity contribution in [3.8, 4) is 0 Å². The highest BCUT2D eigenvalue weighted by Gasteiger charge is 2.11. The Kier molecular flexibility index (Phi) is 6.58. The Labute approximate surface area is 169 Å². The van der Waals surface area contributed by atoms with Crippen LogP contribution in [0.15, 0.2) is 73.1 Å². The molecule has 1 heterocycles. The lowest BCUT2D eigenvalue weighted by molar-refractivity contribution is 0.0592. The second-order valence-electron chi connectivity index (χ2n) is 6.44. The summed E-state index contributed by atoms with van der Waals surface area (Å²) in [5.41, 5.74) is 4.17.